The second-order valence-corrected chi connectivity index (χ2v) is 7.28. The third-order valence-corrected chi connectivity index (χ3v) is 4.77. The van der Waals surface area contributed by atoms with Crippen LogP contribution in [0.25, 0.3) is 11.0 Å². The molecular weight excluding hydrogens is 382 g/mol. The molecule has 0 spiro atoms. The van der Waals surface area contributed by atoms with Crippen molar-refractivity contribution >= 4 is 28.6 Å². The van der Waals surface area contributed by atoms with Crippen LogP contribution in [0.2, 0.25) is 0 Å². The van der Waals surface area contributed by atoms with E-state index in [9.17, 15) is 5.11 Å². The highest BCUT2D eigenvalue weighted by Gasteiger charge is 2.20. The predicted octanol–water partition coefficient (Wildman–Crippen LogP) is 2.83. The first kappa shape index (κ1) is 21.9. The molecule has 0 aliphatic heterocycles. The zero-order valence-corrected chi connectivity index (χ0v) is 18.2. The molecule has 0 bridgehead atoms. The van der Waals surface area contributed by atoms with Gasteiger partial charge in [0, 0.05) is 39.5 Å². The Morgan fingerprint density at radius 3 is 2.77 bits per heavy atom. The Morgan fingerprint density at radius 2 is 2.07 bits per heavy atom. The van der Waals surface area contributed by atoms with Gasteiger partial charge in [-0.1, -0.05) is 6.92 Å². The zero-order valence-electron chi connectivity index (χ0n) is 18.2. The van der Waals surface area contributed by atoms with Crippen LogP contribution >= 0.6 is 0 Å². The third-order valence-electron chi connectivity index (χ3n) is 4.77. The second kappa shape index (κ2) is 10.3. The molecule has 3 aromatic rings. The topological polar surface area (TPSA) is 101 Å². The zero-order chi connectivity index (χ0) is 21.5. The van der Waals surface area contributed by atoms with E-state index < -0.39 is 0 Å². The molecule has 0 aliphatic carbocycles. The van der Waals surface area contributed by atoms with Crippen LogP contribution in [0, 0.1) is 13.8 Å². The molecule has 0 unspecified atom stereocenters. The molecule has 162 valence electrons. The third kappa shape index (κ3) is 5.03. The molecule has 0 atom stereocenters. The Kier molecular flexibility index (Phi) is 7.53. The molecular formula is C21H31N7O2. The molecule has 30 heavy (non-hydrogen) atoms. The molecule has 3 rings (SSSR count). The van der Waals surface area contributed by atoms with E-state index in [0.717, 1.165) is 41.7 Å². The summed E-state index contributed by atoms with van der Waals surface area (Å²) in [6, 6.07) is 3.93. The number of rotatable bonds is 11. The van der Waals surface area contributed by atoms with Crippen molar-refractivity contribution in [2.45, 2.75) is 40.2 Å². The maximum Gasteiger partial charge on any atom is 0.228 e. The maximum atomic E-state index is 9.50. The van der Waals surface area contributed by atoms with Gasteiger partial charge in [-0.05, 0) is 44.4 Å². The maximum absolute atomic E-state index is 9.50. The summed E-state index contributed by atoms with van der Waals surface area (Å²) in [6.07, 6.45) is 3.54. The minimum Gasteiger partial charge on any atom is -0.395 e. The van der Waals surface area contributed by atoms with Crippen LogP contribution in [0.4, 0.5) is 17.6 Å². The van der Waals surface area contributed by atoms with E-state index in [4.69, 9.17) is 19.8 Å². The monoisotopic (exact) mass is 413 g/mol. The van der Waals surface area contributed by atoms with Gasteiger partial charge >= 0.3 is 0 Å². The number of aliphatic hydroxyl groups is 1. The van der Waals surface area contributed by atoms with Crippen molar-refractivity contribution in [3.8, 4) is 0 Å². The van der Waals surface area contributed by atoms with E-state index in [0.29, 0.717) is 37.3 Å². The van der Waals surface area contributed by atoms with Crippen molar-refractivity contribution in [1.29, 1.82) is 0 Å². The number of ether oxygens (including phenoxy) is 1. The van der Waals surface area contributed by atoms with Gasteiger partial charge in [0.2, 0.25) is 5.95 Å². The number of hydrogen-bond acceptors (Lipinski definition) is 8. The number of nitrogens with zero attached hydrogens (tertiary/aromatic N) is 6. The molecule has 0 radical (unpaired) electrons. The van der Waals surface area contributed by atoms with Crippen LogP contribution in [0.1, 0.15) is 31.0 Å². The molecule has 0 saturated carbocycles. The second-order valence-electron chi connectivity index (χ2n) is 7.28. The van der Waals surface area contributed by atoms with Crippen LogP contribution in [-0.4, -0.2) is 63.3 Å². The van der Waals surface area contributed by atoms with Gasteiger partial charge < -0.3 is 20.1 Å². The molecule has 0 aromatic carbocycles. The van der Waals surface area contributed by atoms with E-state index in [1.807, 2.05) is 35.6 Å². The number of aryl methyl sites for hydroxylation is 3. The number of anilines is 3. The summed E-state index contributed by atoms with van der Waals surface area (Å²) in [5.74, 6) is 1.95. The van der Waals surface area contributed by atoms with E-state index in [-0.39, 0.29) is 6.61 Å². The summed E-state index contributed by atoms with van der Waals surface area (Å²) < 4.78 is 7.13. The number of pyridine rings is 1. The van der Waals surface area contributed by atoms with Crippen LogP contribution < -0.4 is 10.2 Å². The number of hydrogen-bond donors (Lipinski definition) is 2. The largest absolute Gasteiger partial charge is 0.395 e. The summed E-state index contributed by atoms with van der Waals surface area (Å²) in [6.45, 7) is 8.71. The summed E-state index contributed by atoms with van der Waals surface area (Å²) in [5.41, 5.74) is 3.59. The first-order chi connectivity index (χ1) is 14.6. The van der Waals surface area contributed by atoms with Crippen molar-refractivity contribution in [3.05, 3.63) is 29.6 Å². The lowest BCUT2D eigenvalue weighted by Gasteiger charge is -2.22. The number of aromatic nitrogens is 5. The molecule has 9 heteroatoms. The predicted molar refractivity (Wildman–Crippen MR) is 118 cm³/mol. The minimum atomic E-state index is 0.0405. The van der Waals surface area contributed by atoms with Crippen molar-refractivity contribution < 1.29 is 9.84 Å². The molecule has 0 aliphatic rings. The van der Waals surface area contributed by atoms with Gasteiger partial charge in [-0.2, -0.15) is 10.1 Å². The van der Waals surface area contributed by atoms with Gasteiger partial charge in [0.15, 0.2) is 5.82 Å². The lowest BCUT2D eigenvalue weighted by atomic mass is 10.3. The number of methoxy groups -OCH3 is 1. The van der Waals surface area contributed by atoms with Crippen LogP contribution in [-0.2, 0) is 11.3 Å². The summed E-state index contributed by atoms with van der Waals surface area (Å²) in [5, 5.41) is 17.6. The fraction of sp³-hybridized carbons (Fsp3) is 0.524. The Bertz CT molecular complexity index is 967. The normalized spacial score (nSPS) is 11.2. The molecule has 3 heterocycles. The molecule has 9 nitrogen and oxygen atoms in total. The van der Waals surface area contributed by atoms with Gasteiger partial charge in [-0.15, -0.1) is 0 Å². The minimum absolute atomic E-state index is 0.0405. The first-order valence-corrected chi connectivity index (χ1v) is 10.4. The van der Waals surface area contributed by atoms with Gasteiger partial charge in [0.25, 0.3) is 0 Å². The van der Waals surface area contributed by atoms with E-state index in [1.165, 1.54) is 0 Å². The summed E-state index contributed by atoms with van der Waals surface area (Å²) >= 11 is 0. The fourth-order valence-corrected chi connectivity index (χ4v) is 3.40. The highest BCUT2D eigenvalue weighted by Crippen LogP contribution is 2.28. The smallest absolute Gasteiger partial charge is 0.228 e. The summed E-state index contributed by atoms with van der Waals surface area (Å²) in [7, 11) is 1.70. The van der Waals surface area contributed by atoms with Gasteiger partial charge in [0.1, 0.15) is 16.9 Å². The Labute approximate surface area is 177 Å². The lowest BCUT2D eigenvalue weighted by Crippen LogP contribution is -2.29. The number of nitrogens with one attached hydrogen (secondary N) is 1. The van der Waals surface area contributed by atoms with E-state index in [2.05, 4.69) is 17.2 Å². The Hall–Kier alpha value is -2.78. The standard InChI is InChI=1S/C21H31N7O2/c1-5-9-27(11-12-29)21-24-18-16(3)26-28(10-6-13-30-4)19(18)20(25-21)23-17-14-15(2)7-8-22-17/h7-8,14,29H,5-6,9-13H2,1-4H3,(H,22,23,24,25). The molecule has 0 fully saturated rings. The highest BCUT2D eigenvalue weighted by molar-refractivity contribution is 5.90. The fourth-order valence-electron chi connectivity index (χ4n) is 3.40. The lowest BCUT2D eigenvalue weighted by molar-refractivity contribution is 0.189. The summed E-state index contributed by atoms with van der Waals surface area (Å²) in [4.78, 5) is 16.1. The van der Waals surface area contributed by atoms with Crippen molar-refractivity contribution in [2.75, 3.05) is 43.6 Å². The molecule has 2 N–H and O–H groups in total. The Balaban J connectivity index is 2.11. The SMILES string of the molecule is CCCN(CCO)c1nc(Nc2cc(C)ccn2)c2c(n1)c(C)nn2CCCOC. The molecule has 3 aromatic heterocycles. The van der Waals surface area contributed by atoms with E-state index in [1.54, 1.807) is 13.3 Å². The van der Waals surface area contributed by atoms with Gasteiger partial charge in [0.05, 0.1) is 12.3 Å². The average molecular weight is 414 g/mol. The molecule has 0 amide bonds. The van der Waals surface area contributed by atoms with E-state index >= 15 is 0 Å². The van der Waals surface area contributed by atoms with Crippen LogP contribution in [0.3, 0.4) is 0 Å². The van der Waals surface area contributed by atoms with Crippen molar-refractivity contribution in [2.24, 2.45) is 0 Å². The number of fused-ring (bicyclic) bond motifs is 1. The van der Waals surface area contributed by atoms with Crippen molar-refractivity contribution in [3.63, 3.8) is 0 Å². The molecule has 0 saturated heterocycles. The first-order valence-electron chi connectivity index (χ1n) is 10.4. The van der Waals surface area contributed by atoms with Crippen molar-refractivity contribution in [1.82, 2.24) is 24.7 Å². The van der Waals surface area contributed by atoms with Gasteiger partial charge in [-0.3, -0.25) is 4.68 Å². The Morgan fingerprint density at radius 1 is 1.23 bits per heavy atom. The highest BCUT2D eigenvalue weighted by atomic mass is 16.5. The van der Waals surface area contributed by atoms with Crippen LogP contribution in [0.15, 0.2) is 18.3 Å². The average Bonchev–Trinajstić information content (AvgIpc) is 3.04. The number of aliphatic hydroxyl groups excluding tert-OH is 1. The van der Waals surface area contributed by atoms with Crippen LogP contribution in [0.5, 0.6) is 0 Å². The quantitative estimate of drug-likeness (QED) is 0.463. The van der Waals surface area contributed by atoms with Gasteiger partial charge in [-0.25, -0.2) is 9.97 Å².